The number of ether oxygens (including phenoxy) is 2. The number of methoxy groups -OCH3 is 1. The summed E-state index contributed by atoms with van der Waals surface area (Å²) in [4.78, 5) is 21.5. The van der Waals surface area contributed by atoms with Crippen molar-refractivity contribution in [2.24, 2.45) is 0 Å². The molecule has 0 unspecified atom stereocenters. The number of aromatic nitrogens is 4. The van der Waals surface area contributed by atoms with Gasteiger partial charge in [-0.15, -0.1) is 0 Å². The number of amides is 1. The topological polar surface area (TPSA) is 103 Å². The maximum Gasteiger partial charge on any atom is 0.258 e. The quantitative estimate of drug-likeness (QED) is 0.315. The van der Waals surface area contributed by atoms with E-state index in [9.17, 15) is 4.79 Å². The molecule has 0 saturated heterocycles. The van der Waals surface area contributed by atoms with Gasteiger partial charge >= 0.3 is 0 Å². The molecule has 2 heterocycles. The lowest BCUT2D eigenvalue weighted by Gasteiger charge is -2.12. The highest BCUT2D eigenvalue weighted by atomic mass is 32.2. The first-order valence-corrected chi connectivity index (χ1v) is 11.6. The number of benzene rings is 1. The monoisotopic (exact) mass is 458 g/mol. The summed E-state index contributed by atoms with van der Waals surface area (Å²) in [7, 11) is 1.59. The summed E-state index contributed by atoms with van der Waals surface area (Å²) in [6.07, 6.45) is 2.81. The van der Waals surface area contributed by atoms with E-state index in [1.165, 1.54) is 0 Å². The number of hydrogen-bond donors (Lipinski definition) is 2. The highest BCUT2D eigenvalue weighted by Gasteiger charge is 2.14. The minimum Gasteiger partial charge on any atom is -0.497 e. The molecule has 0 spiro atoms. The second kappa shape index (κ2) is 11.6. The molecular weight excluding hydrogens is 428 g/mol. The minimum atomic E-state index is -0.208. The smallest absolute Gasteiger partial charge is 0.258 e. The Morgan fingerprint density at radius 3 is 2.81 bits per heavy atom. The Morgan fingerprint density at radius 1 is 1.25 bits per heavy atom. The molecule has 0 fully saturated rings. The Kier molecular flexibility index (Phi) is 8.55. The molecule has 32 heavy (non-hydrogen) atoms. The van der Waals surface area contributed by atoms with Gasteiger partial charge in [-0.1, -0.05) is 24.8 Å². The van der Waals surface area contributed by atoms with Crippen LogP contribution in [-0.2, 0) is 11.3 Å². The van der Waals surface area contributed by atoms with Crippen molar-refractivity contribution in [3.63, 3.8) is 0 Å². The maximum absolute atomic E-state index is 12.2. The standard InChI is InChI=1S/C22H30N6O3S/c1-5-11-32-22-26-20(25-15(2)3)18-13-24-28(21(18)27-22)10-9-23-19(29)14-31-17-8-6-7-16(12-17)30-4/h6-8,12-13,15H,5,9-11,14H2,1-4H3,(H,23,29)(H,25,26,27). The van der Waals surface area contributed by atoms with E-state index in [0.717, 1.165) is 34.2 Å². The molecule has 1 amide bonds. The summed E-state index contributed by atoms with van der Waals surface area (Å²) in [6.45, 7) is 7.09. The third-order valence-corrected chi connectivity index (χ3v) is 5.45. The normalized spacial score (nSPS) is 11.0. The van der Waals surface area contributed by atoms with Crippen LogP contribution in [0.1, 0.15) is 27.2 Å². The Morgan fingerprint density at radius 2 is 2.06 bits per heavy atom. The Balaban J connectivity index is 1.60. The fourth-order valence-electron chi connectivity index (χ4n) is 2.93. The van der Waals surface area contributed by atoms with Crippen molar-refractivity contribution < 1.29 is 14.3 Å². The lowest BCUT2D eigenvalue weighted by molar-refractivity contribution is -0.123. The van der Waals surface area contributed by atoms with Gasteiger partial charge < -0.3 is 20.1 Å². The van der Waals surface area contributed by atoms with Crippen LogP contribution in [0.15, 0.2) is 35.6 Å². The Hall–Kier alpha value is -3.01. The molecule has 1 aromatic carbocycles. The molecule has 10 heteroatoms. The first-order chi connectivity index (χ1) is 15.5. The second-order valence-corrected chi connectivity index (χ2v) is 8.49. The molecule has 0 bridgehead atoms. The second-order valence-electron chi connectivity index (χ2n) is 7.42. The SMILES string of the molecule is CCCSc1nc(NC(C)C)c2cnn(CCNC(=O)COc3cccc(OC)c3)c2n1. The van der Waals surface area contributed by atoms with Crippen LogP contribution >= 0.6 is 11.8 Å². The van der Waals surface area contributed by atoms with Crippen molar-refractivity contribution >= 4 is 34.5 Å². The molecule has 172 valence electrons. The molecule has 2 N–H and O–H groups in total. The zero-order valence-corrected chi connectivity index (χ0v) is 19.7. The van der Waals surface area contributed by atoms with Crippen molar-refractivity contribution in [2.45, 2.75) is 44.9 Å². The number of anilines is 1. The average molecular weight is 459 g/mol. The Labute approximate surface area is 192 Å². The molecule has 3 rings (SSSR count). The van der Waals surface area contributed by atoms with Gasteiger partial charge in [0.1, 0.15) is 17.3 Å². The van der Waals surface area contributed by atoms with Gasteiger partial charge in [0.2, 0.25) is 0 Å². The molecule has 9 nitrogen and oxygen atoms in total. The van der Waals surface area contributed by atoms with E-state index in [2.05, 4.69) is 41.5 Å². The summed E-state index contributed by atoms with van der Waals surface area (Å²) in [6, 6.07) is 7.39. The highest BCUT2D eigenvalue weighted by molar-refractivity contribution is 7.99. The molecule has 0 aliphatic heterocycles. The van der Waals surface area contributed by atoms with E-state index < -0.39 is 0 Å². The minimum absolute atomic E-state index is 0.0740. The zero-order valence-electron chi connectivity index (χ0n) is 18.9. The summed E-state index contributed by atoms with van der Waals surface area (Å²) >= 11 is 1.63. The van der Waals surface area contributed by atoms with Gasteiger partial charge in [-0.2, -0.15) is 5.10 Å². The molecule has 0 aliphatic rings. The van der Waals surface area contributed by atoms with Gasteiger partial charge in [-0.3, -0.25) is 4.79 Å². The van der Waals surface area contributed by atoms with Gasteiger partial charge in [0, 0.05) is 24.4 Å². The largest absolute Gasteiger partial charge is 0.497 e. The van der Waals surface area contributed by atoms with Crippen LogP contribution in [0.3, 0.4) is 0 Å². The van der Waals surface area contributed by atoms with Crippen LogP contribution in [-0.4, -0.2) is 57.7 Å². The van der Waals surface area contributed by atoms with Gasteiger partial charge in [0.25, 0.3) is 5.91 Å². The first-order valence-electron chi connectivity index (χ1n) is 10.7. The van der Waals surface area contributed by atoms with Crippen molar-refractivity contribution in [2.75, 3.05) is 31.3 Å². The van der Waals surface area contributed by atoms with Crippen LogP contribution in [0.5, 0.6) is 11.5 Å². The van der Waals surface area contributed by atoms with Crippen molar-refractivity contribution in [3.8, 4) is 11.5 Å². The summed E-state index contributed by atoms with van der Waals surface area (Å²) in [5, 5.41) is 12.3. The summed E-state index contributed by atoms with van der Waals surface area (Å²) in [5.41, 5.74) is 0.753. The van der Waals surface area contributed by atoms with Crippen LogP contribution in [0.25, 0.3) is 11.0 Å². The molecular formula is C22H30N6O3S. The summed E-state index contributed by atoms with van der Waals surface area (Å²) in [5.74, 6) is 2.78. The predicted molar refractivity (Wildman–Crippen MR) is 127 cm³/mol. The number of fused-ring (bicyclic) bond motifs is 1. The number of thioether (sulfide) groups is 1. The number of nitrogens with zero attached hydrogens (tertiary/aromatic N) is 4. The van der Waals surface area contributed by atoms with Crippen LogP contribution in [0.2, 0.25) is 0 Å². The van der Waals surface area contributed by atoms with E-state index >= 15 is 0 Å². The van der Waals surface area contributed by atoms with E-state index in [4.69, 9.17) is 14.5 Å². The van der Waals surface area contributed by atoms with Crippen LogP contribution < -0.4 is 20.1 Å². The third-order valence-electron chi connectivity index (χ3n) is 4.39. The third kappa shape index (κ3) is 6.49. The first kappa shape index (κ1) is 23.6. The van der Waals surface area contributed by atoms with Gasteiger partial charge in [-0.05, 0) is 32.4 Å². The van der Waals surface area contributed by atoms with E-state index in [1.54, 1.807) is 41.9 Å². The van der Waals surface area contributed by atoms with Crippen LogP contribution in [0.4, 0.5) is 5.82 Å². The molecule has 3 aromatic rings. The molecule has 2 aromatic heterocycles. The van der Waals surface area contributed by atoms with Gasteiger partial charge in [-0.25, -0.2) is 14.6 Å². The number of rotatable bonds is 12. The maximum atomic E-state index is 12.2. The number of hydrogen-bond acceptors (Lipinski definition) is 8. The molecule has 0 aliphatic carbocycles. The number of nitrogens with one attached hydrogen (secondary N) is 2. The lowest BCUT2D eigenvalue weighted by atomic mass is 10.3. The van der Waals surface area contributed by atoms with Gasteiger partial charge in [0.05, 0.1) is 25.2 Å². The zero-order chi connectivity index (χ0) is 22.9. The van der Waals surface area contributed by atoms with Crippen molar-refractivity contribution in [1.29, 1.82) is 0 Å². The molecule has 0 radical (unpaired) electrons. The lowest BCUT2D eigenvalue weighted by Crippen LogP contribution is -2.31. The predicted octanol–water partition coefficient (Wildman–Crippen LogP) is 3.35. The van der Waals surface area contributed by atoms with E-state index in [-0.39, 0.29) is 18.6 Å². The van der Waals surface area contributed by atoms with Crippen LogP contribution in [0, 0.1) is 0 Å². The fourth-order valence-corrected chi connectivity index (χ4v) is 3.63. The van der Waals surface area contributed by atoms with Crippen molar-refractivity contribution in [3.05, 3.63) is 30.5 Å². The Bertz CT molecular complexity index is 1040. The summed E-state index contributed by atoms with van der Waals surface area (Å²) < 4.78 is 12.5. The van der Waals surface area contributed by atoms with E-state index in [0.29, 0.717) is 24.6 Å². The number of carbonyl (C=O) groups is 1. The van der Waals surface area contributed by atoms with E-state index in [1.807, 2.05) is 12.1 Å². The number of carbonyl (C=O) groups excluding carboxylic acids is 1. The van der Waals surface area contributed by atoms with Gasteiger partial charge in [0.15, 0.2) is 17.4 Å². The van der Waals surface area contributed by atoms with Crippen molar-refractivity contribution in [1.82, 2.24) is 25.1 Å². The molecule has 0 atom stereocenters. The molecule has 0 saturated carbocycles. The highest BCUT2D eigenvalue weighted by Crippen LogP contribution is 2.25. The average Bonchev–Trinajstić information content (AvgIpc) is 3.19. The fraction of sp³-hybridized carbons (Fsp3) is 0.455.